The minimum atomic E-state index is 0.226. The van der Waals surface area contributed by atoms with Gasteiger partial charge in [0.25, 0.3) is 0 Å². The highest BCUT2D eigenvalue weighted by atomic mass is 35.5. The molecule has 1 fully saturated rings. The molecule has 0 aromatic rings. The maximum Gasteiger partial charge on any atom is 0.0851 e. The molecule has 1 saturated carbocycles. The molecule has 1 aliphatic carbocycles. The summed E-state index contributed by atoms with van der Waals surface area (Å²) in [6.07, 6.45) is 4.00. The van der Waals surface area contributed by atoms with Crippen LogP contribution in [0.5, 0.6) is 0 Å². The van der Waals surface area contributed by atoms with Crippen LogP contribution in [0.2, 0.25) is 0 Å². The molecule has 0 aromatic heterocycles. The first kappa shape index (κ1) is 6.37. The topological polar surface area (TPSA) is 12.0 Å². The van der Waals surface area contributed by atoms with Crippen LogP contribution in [0.3, 0.4) is 0 Å². The fraction of sp³-hybridized carbons (Fsp3) is 1.00. The molecule has 48 valence electrons. The SMILES string of the molecule is CNC(Cl)C1CCC1. The van der Waals surface area contributed by atoms with Gasteiger partial charge in [0.15, 0.2) is 0 Å². The molecule has 0 heterocycles. The van der Waals surface area contributed by atoms with Crippen LogP contribution in [0, 0.1) is 5.92 Å². The molecule has 1 aliphatic rings. The van der Waals surface area contributed by atoms with E-state index in [2.05, 4.69) is 5.32 Å². The van der Waals surface area contributed by atoms with Crippen LogP contribution in [0.4, 0.5) is 0 Å². The number of halogens is 1. The van der Waals surface area contributed by atoms with Gasteiger partial charge in [0.1, 0.15) is 0 Å². The maximum atomic E-state index is 5.86. The standard InChI is InChI=1S/C6H12ClN/c1-8-6(7)5-3-2-4-5/h5-6,8H,2-4H2,1H3. The van der Waals surface area contributed by atoms with Gasteiger partial charge in [0.2, 0.25) is 0 Å². The molecule has 0 bridgehead atoms. The van der Waals surface area contributed by atoms with E-state index < -0.39 is 0 Å². The largest absolute Gasteiger partial charge is 0.304 e. The van der Waals surface area contributed by atoms with Crippen molar-refractivity contribution < 1.29 is 0 Å². The molecule has 0 spiro atoms. The van der Waals surface area contributed by atoms with Crippen molar-refractivity contribution in [1.29, 1.82) is 0 Å². The maximum absolute atomic E-state index is 5.86. The molecule has 8 heavy (non-hydrogen) atoms. The molecule has 1 unspecified atom stereocenters. The van der Waals surface area contributed by atoms with Crippen LogP contribution >= 0.6 is 11.6 Å². The molecule has 1 nitrogen and oxygen atoms in total. The van der Waals surface area contributed by atoms with Gasteiger partial charge in [-0.05, 0) is 25.8 Å². The predicted molar refractivity (Wildman–Crippen MR) is 36.0 cm³/mol. The Hall–Kier alpha value is 0.250. The fourth-order valence-electron chi connectivity index (χ4n) is 0.968. The van der Waals surface area contributed by atoms with Crippen molar-refractivity contribution in [2.24, 2.45) is 5.92 Å². The van der Waals surface area contributed by atoms with E-state index in [1.807, 2.05) is 7.05 Å². The first-order valence-electron chi connectivity index (χ1n) is 3.16. The molecule has 1 atom stereocenters. The zero-order valence-corrected chi connectivity index (χ0v) is 5.91. The Bertz CT molecular complexity index is 68.2. The van der Waals surface area contributed by atoms with E-state index in [1.54, 1.807) is 0 Å². The van der Waals surface area contributed by atoms with E-state index in [-0.39, 0.29) is 5.50 Å². The number of hydrogen-bond acceptors (Lipinski definition) is 1. The predicted octanol–water partition coefficient (Wildman–Crippen LogP) is 1.57. The van der Waals surface area contributed by atoms with Gasteiger partial charge in [-0.3, -0.25) is 0 Å². The Labute approximate surface area is 55.4 Å². The first-order valence-corrected chi connectivity index (χ1v) is 3.59. The van der Waals surface area contributed by atoms with Gasteiger partial charge >= 0.3 is 0 Å². The monoisotopic (exact) mass is 133 g/mol. The lowest BCUT2D eigenvalue weighted by Gasteiger charge is -2.29. The van der Waals surface area contributed by atoms with E-state index >= 15 is 0 Å². The quantitative estimate of drug-likeness (QED) is 0.446. The van der Waals surface area contributed by atoms with Gasteiger partial charge in [-0.2, -0.15) is 0 Å². The molecule has 0 aliphatic heterocycles. The molecule has 2 heteroatoms. The summed E-state index contributed by atoms with van der Waals surface area (Å²) in [6, 6.07) is 0. The Morgan fingerprint density at radius 2 is 2.25 bits per heavy atom. The van der Waals surface area contributed by atoms with Gasteiger partial charge in [0.05, 0.1) is 5.50 Å². The van der Waals surface area contributed by atoms with Crippen molar-refractivity contribution in [3.63, 3.8) is 0 Å². The summed E-state index contributed by atoms with van der Waals surface area (Å²) in [4.78, 5) is 0. The molecule has 0 amide bonds. The van der Waals surface area contributed by atoms with Gasteiger partial charge in [-0.25, -0.2) is 0 Å². The van der Waals surface area contributed by atoms with E-state index in [0.717, 1.165) is 5.92 Å². The van der Waals surface area contributed by atoms with Gasteiger partial charge < -0.3 is 5.32 Å². The van der Waals surface area contributed by atoms with Crippen LogP contribution in [0.15, 0.2) is 0 Å². The summed E-state index contributed by atoms with van der Waals surface area (Å²) in [5.74, 6) is 0.752. The third-order valence-electron chi connectivity index (χ3n) is 1.84. The number of nitrogens with one attached hydrogen (secondary N) is 1. The summed E-state index contributed by atoms with van der Waals surface area (Å²) in [5, 5.41) is 3.03. The van der Waals surface area contributed by atoms with Crippen molar-refractivity contribution in [2.45, 2.75) is 24.8 Å². The molecule has 0 saturated heterocycles. The molecule has 0 radical (unpaired) electrons. The summed E-state index contributed by atoms with van der Waals surface area (Å²) in [5.41, 5.74) is 0.226. The second kappa shape index (κ2) is 2.70. The number of rotatable bonds is 2. The normalized spacial score (nSPS) is 24.8. The van der Waals surface area contributed by atoms with Gasteiger partial charge in [-0.1, -0.05) is 6.42 Å². The zero-order chi connectivity index (χ0) is 5.98. The highest BCUT2D eigenvalue weighted by Gasteiger charge is 2.23. The van der Waals surface area contributed by atoms with E-state index in [4.69, 9.17) is 11.6 Å². The highest BCUT2D eigenvalue weighted by molar-refractivity contribution is 6.20. The summed E-state index contributed by atoms with van der Waals surface area (Å²) < 4.78 is 0. The first-order chi connectivity index (χ1) is 3.84. The Morgan fingerprint density at radius 1 is 1.62 bits per heavy atom. The van der Waals surface area contributed by atoms with Crippen molar-refractivity contribution in [1.82, 2.24) is 5.32 Å². The van der Waals surface area contributed by atoms with Crippen LogP contribution in [0.25, 0.3) is 0 Å². The summed E-state index contributed by atoms with van der Waals surface area (Å²) >= 11 is 5.86. The van der Waals surface area contributed by atoms with Crippen LogP contribution < -0.4 is 5.32 Å². The highest BCUT2D eigenvalue weighted by Crippen LogP contribution is 2.30. The van der Waals surface area contributed by atoms with E-state index in [1.165, 1.54) is 19.3 Å². The third-order valence-corrected chi connectivity index (χ3v) is 2.41. The van der Waals surface area contributed by atoms with Crippen molar-refractivity contribution >= 4 is 11.6 Å². The number of alkyl halides is 1. The average molecular weight is 134 g/mol. The summed E-state index contributed by atoms with van der Waals surface area (Å²) in [6.45, 7) is 0. The smallest absolute Gasteiger partial charge is 0.0851 e. The molecular weight excluding hydrogens is 122 g/mol. The van der Waals surface area contributed by atoms with E-state index in [9.17, 15) is 0 Å². The average Bonchev–Trinajstić information content (AvgIpc) is 1.62. The Balaban J connectivity index is 2.13. The Kier molecular flexibility index (Phi) is 2.15. The van der Waals surface area contributed by atoms with Gasteiger partial charge in [-0.15, -0.1) is 11.6 Å². The van der Waals surface area contributed by atoms with Crippen LogP contribution in [0.1, 0.15) is 19.3 Å². The lowest BCUT2D eigenvalue weighted by Crippen LogP contribution is -2.32. The zero-order valence-electron chi connectivity index (χ0n) is 5.15. The van der Waals surface area contributed by atoms with Crippen molar-refractivity contribution in [3.05, 3.63) is 0 Å². The van der Waals surface area contributed by atoms with Crippen LogP contribution in [-0.2, 0) is 0 Å². The van der Waals surface area contributed by atoms with Crippen molar-refractivity contribution in [3.8, 4) is 0 Å². The second-order valence-corrected chi connectivity index (χ2v) is 2.85. The lowest BCUT2D eigenvalue weighted by molar-refractivity contribution is 0.286. The molecule has 1 N–H and O–H groups in total. The lowest BCUT2D eigenvalue weighted by atomic mass is 9.85. The molecular formula is C6H12ClN. The van der Waals surface area contributed by atoms with Crippen molar-refractivity contribution in [2.75, 3.05) is 7.05 Å². The second-order valence-electron chi connectivity index (χ2n) is 2.38. The molecule has 1 rings (SSSR count). The van der Waals surface area contributed by atoms with Gasteiger partial charge in [0, 0.05) is 0 Å². The van der Waals surface area contributed by atoms with Crippen LogP contribution in [-0.4, -0.2) is 12.5 Å². The van der Waals surface area contributed by atoms with E-state index in [0.29, 0.717) is 0 Å². The fourth-order valence-corrected chi connectivity index (χ4v) is 1.22. The number of hydrogen-bond donors (Lipinski definition) is 1. The minimum absolute atomic E-state index is 0.226. The molecule has 0 aromatic carbocycles. The third kappa shape index (κ3) is 1.15. The summed E-state index contributed by atoms with van der Waals surface area (Å²) in [7, 11) is 1.91. The minimum Gasteiger partial charge on any atom is -0.304 e. The Morgan fingerprint density at radius 3 is 2.38 bits per heavy atom.